The van der Waals surface area contributed by atoms with Gasteiger partial charge in [-0.25, -0.2) is 23.5 Å². The molecule has 1 amide bonds. The van der Waals surface area contributed by atoms with E-state index in [4.69, 9.17) is 5.14 Å². The van der Waals surface area contributed by atoms with Crippen molar-refractivity contribution in [3.8, 4) is 0 Å². The number of amides is 1. The molecule has 0 aliphatic heterocycles. The van der Waals surface area contributed by atoms with Crippen molar-refractivity contribution in [2.45, 2.75) is 24.7 Å². The Balaban J connectivity index is 1.46. The molecular weight excluding hydrogens is 410 g/mol. The van der Waals surface area contributed by atoms with E-state index in [1.165, 1.54) is 23.5 Å². The summed E-state index contributed by atoms with van der Waals surface area (Å²) in [5, 5.41) is 13.6. The van der Waals surface area contributed by atoms with Crippen LogP contribution in [0.5, 0.6) is 0 Å². The summed E-state index contributed by atoms with van der Waals surface area (Å²) < 4.78 is 22.5. The molecule has 0 aliphatic rings. The average molecular weight is 432 g/mol. The van der Waals surface area contributed by atoms with E-state index in [2.05, 4.69) is 20.6 Å². The van der Waals surface area contributed by atoms with Gasteiger partial charge in [0.05, 0.1) is 17.0 Å². The minimum atomic E-state index is -3.69. The van der Waals surface area contributed by atoms with Gasteiger partial charge in [-0.3, -0.25) is 4.79 Å². The number of carbonyl (C=O) groups excluding carboxylic acids is 1. The van der Waals surface area contributed by atoms with E-state index in [0.717, 1.165) is 11.3 Å². The molecule has 0 fully saturated rings. The van der Waals surface area contributed by atoms with Gasteiger partial charge in [0, 0.05) is 17.6 Å². The summed E-state index contributed by atoms with van der Waals surface area (Å²) in [7, 11) is -3.69. The highest BCUT2D eigenvalue weighted by atomic mass is 32.2. The molecule has 0 aliphatic carbocycles. The maximum atomic E-state index is 12.1. The van der Waals surface area contributed by atoms with E-state index in [1.807, 2.05) is 30.5 Å². The Morgan fingerprint density at radius 2 is 1.90 bits per heavy atom. The van der Waals surface area contributed by atoms with Crippen LogP contribution in [-0.2, 0) is 27.7 Å². The highest BCUT2D eigenvalue weighted by Crippen LogP contribution is 2.20. The van der Waals surface area contributed by atoms with Gasteiger partial charge in [-0.2, -0.15) is 0 Å². The number of primary sulfonamides is 1. The number of hydrogen-bond acceptors (Lipinski definition) is 7. The number of nitrogens with two attached hydrogens (primary N) is 1. The third-order valence-electron chi connectivity index (χ3n) is 4.00. The summed E-state index contributed by atoms with van der Waals surface area (Å²) in [6.07, 6.45) is 0.767. The van der Waals surface area contributed by atoms with Crippen LogP contribution in [0.4, 0.5) is 10.9 Å². The number of carbonyl (C=O) groups is 1. The second-order valence-electron chi connectivity index (χ2n) is 6.40. The van der Waals surface area contributed by atoms with E-state index in [-0.39, 0.29) is 17.2 Å². The topological polar surface area (TPSA) is 127 Å². The first-order valence-corrected chi connectivity index (χ1v) is 11.3. The van der Waals surface area contributed by atoms with Crippen molar-refractivity contribution in [3.05, 3.63) is 64.8 Å². The molecule has 8 nitrogen and oxygen atoms in total. The van der Waals surface area contributed by atoms with Crippen LogP contribution in [-0.4, -0.2) is 30.8 Å². The first-order chi connectivity index (χ1) is 13.8. The van der Waals surface area contributed by atoms with Crippen LogP contribution in [0.2, 0.25) is 0 Å². The van der Waals surface area contributed by atoms with E-state index < -0.39 is 10.0 Å². The zero-order valence-electron chi connectivity index (χ0n) is 15.8. The Hall–Kier alpha value is -2.82. The van der Waals surface area contributed by atoms with Crippen molar-refractivity contribution in [1.82, 2.24) is 15.3 Å². The predicted molar refractivity (Wildman–Crippen MR) is 113 cm³/mol. The van der Waals surface area contributed by atoms with Crippen molar-refractivity contribution in [3.63, 3.8) is 0 Å². The second kappa shape index (κ2) is 9.12. The summed E-state index contributed by atoms with van der Waals surface area (Å²) in [6.45, 7) is 2.35. The van der Waals surface area contributed by atoms with Crippen LogP contribution in [0.25, 0.3) is 0 Å². The molecule has 1 aromatic carbocycles. The molecule has 0 unspecified atom stereocenters. The normalized spacial score (nSPS) is 11.2. The zero-order chi connectivity index (χ0) is 20.9. The fraction of sp³-hybridized carbons (Fsp3) is 0.211. The summed E-state index contributed by atoms with van der Waals surface area (Å²) in [5.74, 6) is 0.584. The lowest BCUT2D eigenvalue weighted by atomic mass is 10.1. The van der Waals surface area contributed by atoms with Gasteiger partial charge < -0.3 is 10.6 Å². The number of rotatable bonds is 8. The SMILES string of the molecule is Cc1cccc(Nc2nc(CC(=O)NCCc3ccc(S(N)(=O)=O)cc3)cs2)n1. The molecule has 152 valence electrons. The quantitative estimate of drug-likeness (QED) is 0.501. The minimum Gasteiger partial charge on any atom is -0.355 e. The standard InChI is InChI=1S/C19H21N5O3S2/c1-13-3-2-4-17(22-13)24-19-23-15(12-28-19)11-18(25)21-10-9-14-5-7-16(8-6-14)29(20,26)27/h2-8,12H,9-11H2,1H3,(H,21,25)(H2,20,26,27)(H,22,23,24). The van der Waals surface area contributed by atoms with Crippen LogP contribution in [0.3, 0.4) is 0 Å². The summed E-state index contributed by atoms with van der Waals surface area (Å²) in [5.41, 5.74) is 2.49. The number of nitrogens with one attached hydrogen (secondary N) is 2. The van der Waals surface area contributed by atoms with Gasteiger partial charge in [-0.1, -0.05) is 18.2 Å². The van der Waals surface area contributed by atoms with Gasteiger partial charge in [0.25, 0.3) is 0 Å². The smallest absolute Gasteiger partial charge is 0.238 e. The Morgan fingerprint density at radius 1 is 1.14 bits per heavy atom. The van der Waals surface area contributed by atoms with Crippen LogP contribution in [0.1, 0.15) is 17.0 Å². The number of hydrogen-bond donors (Lipinski definition) is 3. The highest BCUT2D eigenvalue weighted by molar-refractivity contribution is 7.89. The molecule has 0 saturated heterocycles. The summed E-state index contributed by atoms with van der Waals surface area (Å²) >= 11 is 1.41. The number of anilines is 2. The summed E-state index contributed by atoms with van der Waals surface area (Å²) in [4.78, 5) is 21.0. The monoisotopic (exact) mass is 431 g/mol. The lowest BCUT2D eigenvalue weighted by Gasteiger charge is -2.05. The van der Waals surface area contributed by atoms with Gasteiger partial charge in [0.15, 0.2) is 5.13 Å². The number of aryl methyl sites for hydroxylation is 1. The van der Waals surface area contributed by atoms with Gasteiger partial charge in [0.1, 0.15) is 5.82 Å². The average Bonchev–Trinajstić information content (AvgIpc) is 3.08. The van der Waals surface area contributed by atoms with Crippen LogP contribution in [0, 0.1) is 6.92 Å². The van der Waals surface area contributed by atoms with Crippen molar-refractivity contribution in [2.24, 2.45) is 5.14 Å². The molecule has 29 heavy (non-hydrogen) atoms. The highest BCUT2D eigenvalue weighted by Gasteiger charge is 2.09. The molecule has 3 rings (SSSR count). The lowest BCUT2D eigenvalue weighted by Crippen LogP contribution is -2.27. The van der Waals surface area contributed by atoms with E-state index in [0.29, 0.717) is 29.6 Å². The van der Waals surface area contributed by atoms with Crippen molar-refractivity contribution >= 4 is 38.2 Å². The van der Waals surface area contributed by atoms with Crippen molar-refractivity contribution in [1.29, 1.82) is 0 Å². The molecule has 0 radical (unpaired) electrons. The molecule has 10 heteroatoms. The maximum Gasteiger partial charge on any atom is 0.238 e. The van der Waals surface area contributed by atoms with Crippen LogP contribution < -0.4 is 15.8 Å². The Bertz CT molecular complexity index is 1100. The molecule has 0 atom stereocenters. The first kappa shape index (κ1) is 20.9. The molecule has 4 N–H and O–H groups in total. The zero-order valence-corrected chi connectivity index (χ0v) is 17.4. The molecule has 0 saturated carbocycles. The number of sulfonamides is 1. The number of thiazole rings is 1. The molecule has 2 heterocycles. The Kier molecular flexibility index (Phi) is 6.57. The van der Waals surface area contributed by atoms with E-state index in [1.54, 1.807) is 12.1 Å². The molecule has 0 spiro atoms. The van der Waals surface area contributed by atoms with Gasteiger partial charge in [-0.15, -0.1) is 11.3 Å². The third-order valence-corrected chi connectivity index (χ3v) is 5.74. The number of aromatic nitrogens is 2. The van der Waals surface area contributed by atoms with Crippen LogP contribution >= 0.6 is 11.3 Å². The molecule has 2 aromatic heterocycles. The number of benzene rings is 1. The van der Waals surface area contributed by atoms with E-state index >= 15 is 0 Å². The third kappa shape index (κ3) is 6.34. The van der Waals surface area contributed by atoms with Gasteiger partial charge in [0.2, 0.25) is 15.9 Å². The number of pyridine rings is 1. The summed E-state index contributed by atoms with van der Waals surface area (Å²) in [6, 6.07) is 12.0. The van der Waals surface area contributed by atoms with Gasteiger partial charge in [-0.05, 0) is 43.2 Å². The van der Waals surface area contributed by atoms with Gasteiger partial charge >= 0.3 is 0 Å². The molecule has 0 bridgehead atoms. The fourth-order valence-corrected chi connectivity index (χ4v) is 3.82. The first-order valence-electron chi connectivity index (χ1n) is 8.83. The van der Waals surface area contributed by atoms with Crippen molar-refractivity contribution < 1.29 is 13.2 Å². The lowest BCUT2D eigenvalue weighted by molar-refractivity contribution is -0.120. The predicted octanol–water partition coefficient (Wildman–Crippen LogP) is 2.14. The number of nitrogens with zero attached hydrogens (tertiary/aromatic N) is 2. The molecule has 3 aromatic rings. The molecular formula is C19H21N5O3S2. The Labute approximate surface area is 173 Å². The largest absolute Gasteiger partial charge is 0.355 e. The van der Waals surface area contributed by atoms with E-state index in [9.17, 15) is 13.2 Å². The van der Waals surface area contributed by atoms with Crippen molar-refractivity contribution in [2.75, 3.05) is 11.9 Å². The maximum absolute atomic E-state index is 12.1. The fourth-order valence-electron chi connectivity index (χ4n) is 2.59. The second-order valence-corrected chi connectivity index (χ2v) is 8.82. The van der Waals surface area contributed by atoms with Crippen LogP contribution in [0.15, 0.2) is 52.7 Å². The minimum absolute atomic E-state index is 0.0686. The Morgan fingerprint density at radius 3 is 2.59 bits per heavy atom.